The van der Waals surface area contributed by atoms with Crippen LogP contribution in [0.15, 0.2) is 24.4 Å². The SMILES string of the molecule is CC(=O)Nc1cc(C(F)(F)F)c(-c2cc(N3CCOCC3)cc(N3CCOCC3)n2)cn1. The third-order valence-electron chi connectivity index (χ3n) is 5.30. The molecule has 8 nitrogen and oxygen atoms in total. The lowest BCUT2D eigenvalue weighted by atomic mass is 10.0. The van der Waals surface area contributed by atoms with E-state index in [9.17, 15) is 18.0 Å². The molecule has 2 aromatic heterocycles. The van der Waals surface area contributed by atoms with Crippen molar-refractivity contribution in [2.45, 2.75) is 13.1 Å². The summed E-state index contributed by atoms with van der Waals surface area (Å²) in [5, 5.41) is 2.31. The van der Waals surface area contributed by atoms with Crippen LogP contribution in [0.4, 0.5) is 30.5 Å². The van der Waals surface area contributed by atoms with Crippen LogP contribution in [-0.4, -0.2) is 68.5 Å². The molecular formula is C21H24F3N5O3. The number of hydrogen-bond donors (Lipinski definition) is 1. The Labute approximate surface area is 183 Å². The van der Waals surface area contributed by atoms with Gasteiger partial charge in [-0.05, 0) is 12.1 Å². The number of amides is 1. The van der Waals surface area contributed by atoms with E-state index >= 15 is 0 Å². The van der Waals surface area contributed by atoms with Gasteiger partial charge in [-0.25, -0.2) is 9.97 Å². The number of rotatable bonds is 4. The fourth-order valence-corrected chi connectivity index (χ4v) is 3.74. The lowest BCUT2D eigenvalue weighted by Crippen LogP contribution is -2.38. The van der Waals surface area contributed by atoms with E-state index in [1.165, 1.54) is 6.92 Å². The largest absolute Gasteiger partial charge is 0.417 e. The van der Waals surface area contributed by atoms with Crippen LogP contribution in [-0.2, 0) is 20.4 Å². The minimum absolute atomic E-state index is 0.142. The molecule has 0 atom stereocenters. The number of ether oxygens (including phenoxy) is 2. The van der Waals surface area contributed by atoms with Crippen molar-refractivity contribution in [2.24, 2.45) is 0 Å². The summed E-state index contributed by atoms with van der Waals surface area (Å²) in [6.45, 7) is 5.84. The fraction of sp³-hybridized carbons (Fsp3) is 0.476. The molecule has 172 valence electrons. The van der Waals surface area contributed by atoms with Crippen molar-refractivity contribution in [3.8, 4) is 11.3 Å². The molecule has 0 unspecified atom stereocenters. The smallest absolute Gasteiger partial charge is 0.378 e. The zero-order valence-corrected chi connectivity index (χ0v) is 17.6. The Morgan fingerprint density at radius 1 is 1.00 bits per heavy atom. The average molecular weight is 451 g/mol. The molecule has 1 N–H and O–H groups in total. The van der Waals surface area contributed by atoms with Gasteiger partial charge >= 0.3 is 6.18 Å². The minimum atomic E-state index is -4.65. The van der Waals surface area contributed by atoms with E-state index in [1.54, 1.807) is 6.07 Å². The van der Waals surface area contributed by atoms with Crippen LogP contribution < -0.4 is 15.1 Å². The van der Waals surface area contributed by atoms with Crippen LogP contribution in [0.2, 0.25) is 0 Å². The maximum Gasteiger partial charge on any atom is 0.417 e. The maximum absolute atomic E-state index is 13.9. The lowest BCUT2D eigenvalue weighted by molar-refractivity contribution is -0.137. The number of nitrogens with zero attached hydrogens (tertiary/aromatic N) is 4. The summed E-state index contributed by atoms with van der Waals surface area (Å²) in [4.78, 5) is 24.0. The van der Waals surface area contributed by atoms with Crippen LogP contribution in [0, 0.1) is 0 Å². The number of carbonyl (C=O) groups excluding carboxylic acids is 1. The van der Waals surface area contributed by atoms with Crippen molar-refractivity contribution >= 4 is 23.2 Å². The van der Waals surface area contributed by atoms with Gasteiger partial charge in [-0.2, -0.15) is 13.2 Å². The van der Waals surface area contributed by atoms with E-state index in [2.05, 4.69) is 20.2 Å². The lowest BCUT2D eigenvalue weighted by Gasteiger charge is -2.32. The van der Waals surface area contributed by atoms with Gasteiger partial charge in [-0.3, -0.25) is 4.79 Å². The first-order valence-corrected chi connectivity index (χ1v) is 10.3. The topological polar surface area (TPSA) is 79.8 Å². The molecule has 1 amide bonds. The van der Waals surface area contributed by atoms with Gasteiger partial charge in [0.05, 0.1) is 37.7 Å². The molecule has 11 heteroatoms. The van der Waals surface area contributed by atoms with E-state index in [0.717, 1.165) is 18.0 Å². The van der Waals surface area contributed by atoms with Crippen LogP contribution >= 0.6 is 0 Å². The standard InChI is InChI=1S/C21H24F3N5O3/c1-14(30)26-19-12-17(21(22,23)24)16(13-25-19)18-10-15(28-2-6-31-7-3-28)11-20(27-18)29-4-8-32-9-5-29/h10-13H,2-9H2,1H3,(H,25,26,30). The fourth-order valence-electron chi connectivity index (χ4n) is 3.74. The molecule has 2 saturated heterocycles. The van der Waals surface area contributed by atoms with E-state index in [1.807, 2.05) is 11.0 Å². The molecule has 2 fully saturated rings. The summed E-state index contributed by atoms with van der Waals surface area (Å²) in [5.41, 5.74) is -0.101. The predicted molar refractivity (Wildman–Crippen MR) is 113 cm³/mol. The van der Waals surface area contributed by atoms with E-state index in [0.29, 0.717) is 58.4 Å². The molecule has 0 bridgehead atoms. The second-order valence-corrected chi connectivity index (χ2v) is 7.56. The van der Waals surface area contributed by atoms with E-state index in [-0.39, 0.29) is 17.1 Å². The van der Waals surface area contributed by atoms with Crippen LogP contribution in [0.5, 0.6) is 0 Å². The quantitative estimate of drug-likeness (QED) is 0.766. The summed E-state index contributed by atoms with van der Waals surface area (Å²) < 4.78 is 52.6. The zero-order chi connectivity index (χ0) is 22.7. The molecular weight excluding hydrogens is 427 g/mol. The predicted octanol–water partition coefficient (Wildman–Crippen LogP) is 2.79. The van der Waals surface area contributed by atoms with Gasteiger partial charge in [0.15, 0.2) is 0 Å². The maximum atomic E-state index is 13.9. The van der Waals surface area contributed by atoms with Gasteiger partial charge in [0.25, 0.3) is 0 Å². The Balaban J connectivity index is 1.81. The third-order valence-corrected chi connectivity index (χ3v) is 5.30. The van der Waals surface area contributed by atoms with Gasteiger partial charge in [-0.1, -0.05) is 0 Å². The highest BCUT2D eigenvalue weighted by molar-refractivity contribution is 5.88. The average Bonchev–Trinajstić information content (AvgIpc) is 2.79. The molecule has 0 saturated carbocycles. The van der Waals surface area contributed by atoms with Crippen molar-refractivity contribution < 1.29 is 27.4 Å². The highest BCUT2D eigenvalue weighted by Crippen LogP contribution is 2.39. The third kappa shape index (κ3) is 5.10. The van der Waals surface area contributed by atoms with Crippen LogP contribution in [0.25, 0.3) is 11.3 Å². The Bertz CT molecular complexity index is 937. The highest BCUT2D eigenvalue weighted by Gasteiger charge is 2.35. The Hall–Kier alpha value is -2.92. The Morgan fingerprint density at radius 2 is 1.62 bits per heavy atom. The van der Waals surface area contributed by atoms with E-state index < -0.39 is 17.6 Å². The van der Waals surface area contributed by atoms with Crippen molar-refractivity contribution in [3.05, 3.63) is 30.0 Å². The molecule has 2 aliphatic rings. The number of carbonyl (C=O) groups is 1. The number of halogens is 3. The second kappa shape index (κ2) is 9.29. The molecule has 4 rings (SSSR count). The number of hydrogen-bond acceptors (Lipinski definition) is 7. The monoisotopic (exact) mass is 451 g/mol. The molecule has 0 aromatic carbocycles. The number of pyridine rings is 2. The summed E-state index contributed by atoms with van der Waals surface area (Å²) in [5.74, 6) is -0.0712. The first-order valence-electron chi connectivity index (χ1n) is 10.3. The molecule has 0 spiro atoms. The molecule has 4 heterocycles. The zero-order valence-electron chi connectivity index (χ0n) is 17.6. The van der Waals surface area contributed by atoms with Crippen molar-refractivity contribution in [3.63, 3.8) is 0 Å². The first-order chi connectivity index (χ1) is 15.3. The van der Waals surface area contributed by atoms with Crippen LogP contribution in [0.1, 0.15) is 12.5 Å². The van der Waals surface area contributed by atoms with Gasteiger partial charge in [-0.15, -0.1) is 0 Å². The van der Waals surface area contributed by atoms with Crippen molar-refractivity contribution in [1.82, 2.24) is 9.97 Å². The summed E-state index contributed by atoms with van der Waals surface area (Å²) in [6.07, 6.45) is -3.54. The first kappa shape index (κ1) is 22.3. The minimum Gasteiger partial charge on any atom is -0.378 e. The van der Waals surface area contributed by atoms with Gasteiger partial charge in [0, 0.05) is 56.6 Å². The summed E-state index contributed by atoms with van der Waals surface area (Å²) in [6, 6.07) is 4.39. The summed E-state index contributed by atoms with van der Waals surface area (Å²) >= 11 is 0. The highest BCUT2D eigenvalue weighted by atomic mass is 19.4. The molecule has 32 heavy (non-hydrogen) atoms. The number of alkyl halides is 3. The number of aromatic nitrogens is 2. The Kier molecular flexibility index (Phi) is 6.47. The molecule has 2 aromatic rings. The molecule has 0 aliphatic carbocycles. The van der Waals surface area contributed by atoms with Crippen LogP contribution in [0.3, 0.4) is 0 Å². The molecule has 2 aliphatic heterocycles. The van der Waals surface area contributed by atoms with Gasteiger partial charge < -0.3 is 24.6 Å². The summed E-state index contributed by atoms with van der Waals surface area (Å²) in [7, 11) is 0. The number of morpholine rings is 2. The van der Waals surface area contributed by atoms with Crippen molar-refractivity contribution in [2.75, 3.05) is 67.7 Å². The normalized spacial score (nSPS) is 17.4. The number of nitrogens with one attached hydrogen (secondary N) is 1. The van der Waals surface area contributed by atoms with Crippen molar-refractivity contribution in [1.29, 1.82) is 0 Å². The molecule has 0 radical (unpaired) electrons. The van der Waals surface area contributed by atoms with Gasteiger partial charge in [0.2, 0.25) is 5.91 Å². The number of anilines is 3. The van der Waals surface area contributed by atoms with Gasteiger partial charge in [0.1, 0.15) is 11.6 Å². The van der Waals surface area contributed by atoms with E-state index in [4.69, 9.17) is 9.47 Å². The second-order valence-electron chi connectivity index (χ2n) is 7.56. The Morgan fingerprint density at radius 3 is 2.22 bits per heavy atom.